The Morgan fingerprint density at radius 2 is 2.26 bits per heavy atom. The molecule has 6 heteroatoms. The molecule has 0 bridgehead atoms. The van der Waals surface area contributed by atoms with Gasteiger partial charge in [0.15, 0.2) is 0 Å². The monoisotopic (exact) mass is 330 g/mol. The number of anilines is 1. The third-order valence-corrected chi connectivity index (χ3v) is 4.96. The SMILES string of the molecule is O=C(NCCCNc1ccccn1)N1CCCC1c1cccs1. The first-order chi connectivity index (χ1) is 11.3. The number of aromatic nitrogens is 1. The van der Waals surface area contributed by atoms with Gasteiger partial charge in [-0.2, -0.15) is 0 Å². The quantitative estimate of drug-likeness (QED) is 0.797. The second kappa shape index (κ2) is 7.97. The Labute approximate surface area is 140 Å². The largest absolute Gasteiger partial charge is 0.370 e. The van der Waals surface area contributed by atoms with Gasteiger partial charge in [-0.15, -0.1) is 11.3 Å². The Kier molecular flexibility index (Phi) is 5.47. The van der Waals surface area contributed by atoms with Crippen molar-refractivity contribution in [1.82, 2.24) is 15.2 Å². The highest BCUT2D eigenvalue weighted by atomic mass is 32.1. The highest BCUT2D eigenvalue weighted by molar-refractivity contribution is 7.10. The van der Waals surface area contributed by atoms with Crippen LogP contribution in [0.3, 0.4) is 0 Å². The lowest BCUT2D eigenvalue weighted by Crippen LogP contribution is -2.40. The number of hydrogen-bond acceptors (Lipinski definition) is 4. The van der Waals surface area contributed by atoms with E-state index in [1.807, 2.05) is 23.1 Å². The standard InChI is InChI=1S/C17H22N4OS/c22-17(20-11-5-10-19-16-8-1-2-9-18-16)21-12-3-6-14(21)15-7-4-13-23-15/h1-2,4,7-9,13-14H,3,5-6,10-12H2,(H,18,19)(H,20,22). The Morgan fingerprint density at radius 1 is 1.30 bits per heavy atom. The molecule has 1 saturated heterocycles. The van der Waals surface area contributed by atoms with Crippen molar-refractivity contribution in [2.75, 3.05) is 25.0 Å². The van der Waals surface area contributed by atoms with Crippen LogP contribution in [0.4, 0.5) is 10.6 Å². The van der Waals surface area contributed by atoms with Crippen LogP contribution in [0.2, 0.25) is 0 Å². The Hall–Kier alpha value is -2.08. The molecule has 1 aliphatic heterocycles. The van der Waals surface area contributed by atoms with Gasteiger partial charge in [0.1, 0.15) is 5.82 Å². The molecule has 2 N–H and O–H groups in total. The molecule has 1 fully saturated rings. The molecule has 0 aromatic carbocycles. The maximum absolute atomic E-state index is 12.4. The van der Waals surface area contributed by atoms with E-state index in [4.69, 9.17) is 0 Å². The Balaban J connectivity index is 1.39. The number of likely N-dealkylation sites (tertiary alicyclic amines) is 1. The summed E-state index contributed by atoms with van der Waals surface area (Å²) in [6.07, 6.45) is 4.79. The van der Waals surface area contributed by atoms with E-state index >= 15 is 0 Å². The fourth-order valence-corrected chi connectivity index (χ4v) is 3.73. The fraction of sp³-hybridized carbons (Fsp3) is 0.412. The molecule has 0 aliphatic carbocycles. The smallest absolute Gasteiger partial charge is 0.317 e. The van der Waals surface area contributed by atoms with Gasteiger partial charge >= 0.3 is 6.03 Å². The van der Waals surface area contributed by atoms with Crippen LogP contribution >= 0.6 is 11.3 Å². The predicted molar refractivity (Wildman–Crippen MR) is 93.7 cm³/mol. The average molecular weight is 330 g/mol. The zero-order valence-corrected chi connectivity index (χ0v) is 13.9. The number of nitrogens with zero attached hydrogens (tertiary/aromatic N) is 2. The zero-order valence-electron chi connectivity index (χ0n) is 13.1. The van der Waals surface area contributed by atoms with E-state index in [1.54, 1.807) is 17.5 Å². The summed E-state index contributed by atoms with van der Waals surface area (Å²) in [6, 6.07) is 10.3. The van der Waals surface area contributed by atoms with Crippen molar-refractivity contribution in [1.29, 1.82) is 0 Å². The summed E-state index contributed by atoms with van der Waals surface area (Å²) < 4.78 is 0. The molecule has 1 atom stereocenters. The summed E-state index contributed by atoms with van der Waals surface area (Å²) in [6.45, 7) is 2.32. The van der Waals surface area contributed by atoms with Crippen LogP contribution in [-0.4, -0.2) is 35.5 Å². The number of thiophene rings is 1. The van der Waals surface area contributed by atoms with Crippen molar-refractivity contribution in [3.05, 3.63) is 46.8 Å². The molecule has 1 unspecified atom stereocenters. The maximum atomic E-state index is 12.4. The summed E-state index contributed by atoms with van der Waals surface area (Å²) in [4.78, 5) is 19.8. The first kappa shape index (κ1) is 15.8. The number of nitrogens with one attached hydrogen (secondary N) is 2. The van der Waals surface area contributed by atoms with Gasteiger partial charge < -0.3 is 15.5 Å². The molecule has 3 heterocycles. The number of carbonyl (C=O) groups excluding carboxylic acids is 1. The van der Waals surface area contributed by atoms with Crippen LogP contribution in [0.5, 0.6) is 0 Å². The van der Waals surface area contributed by atoms with Crippen molar-refractivity contribution in [3.63, 3.8) is 0 Å². The molecule has 122 valence electrons. The van der Waals surface area contributed by atoms with Gasteiger partial charge in [0.25, 0.3) is 0 Å². The van der Waals surface area contributed by atoms with Crippen molar-refractivity contribution >= 4 is 23.2 Å². The molecule has 5 nitrogen and oxygen atoms in total. The van der Waals surface area contributed by atoms with Gasteiger partial charge in [-0.05, 0) is 42.8 Å². The Morgan fingerprint density at radius 3 is 3.04 bits per heavy atom. The molecule has 0 saturated carbocycles. The van der Waals surface area contributed by atoms with Crippen LogP contribution in [0.15, 0.2) is 41.9 Å². The van der Waals surface area contributed by atoms with Gasteiger partial charge in [0.2, 0.25) is 0 Å². The van der Waals surface area contributed by atoms with Gasteiger partial charge in [0, 0.05) is 30.7 Å². The number of hydrogen-bond donors (Lipinski definition) is 2. The van der Waals surface area contributed by atoms with Crippen LogP contribution < -0.4 is 10.6 Å². The minimum absolute atomic E-state index is 0.0544. The Bertz CT molecular complexity index is 602. The third-order valence-electron chi connectivity index (χ3n) is 3.99. The van der Waals surface area contributed by atoms with E-state index in [9.17, 15) is 4.79 Å². The van der Waals surface area contributed by atoms with E-state index < -0.39 is 0 Å². The van der Waals surface area contributed by atoms with Crippen LogP contribution in [0.25, 0.3) is 0 Å². The van der Waals surface area contributed by atoms with E-state index in [-0.39, 0.29) is 12.1 Å². The molecule has 2 aromatic heterocycles. The molecule has 23 heavy (non-hydrogen) atoms. The molecule has 0 spiro atoms. The summed E-state index contributed by atoms with van der Waals surface area (Å²) in [7, 11) is 0. The lowest BCUT2D eigenvalue weighted by molar-refractivity contribution is 0.194. The molecule has 1 aliphatic rings. The summed E-state index contributed by atoms with van der Waals surface area (Å²) in [5.74, 6) is 0.871. The number of pyridine rings is 1. The molecule has 2 amide bonds. The highest BCUT2D eigenvalue weighted by Gasteiger charge is 2.30. The number of rotatable bonds is 6. The average Bonchev–Trinajstić information content (AvgIpc) is 3.26. The van der Waals surface area contributed by atoms with Crippen LogP contribution in [0.1, 0.15) is 30.2 Å². The molecule has 2 aromatic rings. The third kappa shape index (κ3) is 4.22. The maximum Gasteiger partial charge on any atom is 0.317 e. The van der Waals surface area contributed by atoms with Crippen LogP contribution in [0, 0.1) is 0 Å². The molecule has 3 rings (SSSR count). The second-order valence-corrected chi connectivity index (χ2v) is 6.57. The van der Waals surface area contributed by atoms with Crippen molar-refractivity contribution in [3.8, 4) is 0 Å². The number of carbonyl (C=O) groups is 1. The zero-order chi connectivity index (χ0) is 15.9. The van der Waals surface area contributed by atoms with Crippen molar-refractivity contribution in [2.45, 2.75) is 25.3 Å². The van der Waals surface area contributed by atoms with Crippen LogP contribution in [-0.2, 0) is 0 Å². The predicted octanol–water partition coefficient (Wildman–Crippen LogP) is 3.49. The number of amides is 2. The van der Waals surface area contributed by atoms with Gasteiger partial charge in [0.05, 0.1) is 6.04 Å². The normalized spacial score (nSPS) is 17.2. The molecule has 0 radical (unpaired) electrons. The first-order valence-corrected chi connectivity index (χ1v) is 8.95. The van der Waals surface area contributed by atoms with Crippen molar-refractivity contribution < 1.29 is 4.79 Å². The lowest BCUT2D eigenvalue weighted by Gasteiger charge is -2.24. The minimum atomic E-state index is 0.0544. The molecular weight excluding hydrogens is 308 g/mol. The topological polar surface area (TPSA) is 57.3 Å². The van der Waals surface area contributed by atoms with E-state index in [0.29, 0.717) is 6.54 Å². The lowest BCUT2D eigenvalue weighted by atomic mass is 10.2. The first-order valence-electron chi connectivity index (χ1n) is 8.07. The molecular formula is C17H22N4OS. The minimum Gasteiger partial charge on any atom is -0.370 e. The van der Waals surface area contributed by atoms with E-state index in [0.717, 1.165) is 38.2 Å². The fourth-order valence-electron chi connectivity index (χ4n) is 2.86. The van der Waals surface area contributed by atoms with E-state index in [1.165, 1.54) is 4.88 Å². The van der Waals surface area contributed by atoms with Gasteiger partial charge in [-0.3, -0.25) is 0 Å². The summed E-state index contributed by atoms with van der Waals surface area (Å²) in [5, 5.41) is 8.36. The van der Waals surface area contributed by atoms with Crippen molar-refractivity contribution in [2.24, 2.45) is 0 Å². The van der Waals surface area contributed by atoms with Gasteiger partial charge in [-0.25, -0.2) is 9.78 Å². The van der Waals surface area contributed by atoms with E-state index in [2.05, 4.69) is 33.1 Å². The second-order valence-electron chi connectivity index (χ2n) is 5.59. The highest BCUT2D eigenvalue weighted by Crippen LogP contribution is 2.34. The summed E-state index contributed by atoms with van der Waals surface area (Å²) in [5.41, 5.74) is 0. The van der Waals surface area contributed by atoms with Gasteiger partial charge in [-0.1, -0.05) is 12.1 Å². The summed E-state index contributed by atoms with van der Waals surface area (Å²) >= 11 is 1.73. The number of urea groups is 1.